The molecule has 0 saturated heterocycles. The van der Waals surface area contributed by atoms with Crippen LogP contribution >= 0.6 is 11.8 Å². The number of rotatable bonds is 4. The van der Waals surface area contributed by atoms with Crippen LogP contribution in [0.3, 0.4) is 0 Å². The average molecular weight is 280 g/mol. The van der Waals surface area contributed by atoms with Crippen molar-refractivity contribution < 1.29 is 0 Å². The second-order valence-corrected chi connectivity index (χ2v) is 5.08. The van der Waals surface area contributed by atoms with Crippen molar-refractivity contribution in [3.8, 4) is 0 Å². The Balaban J connectivity index is 2.39. The van der Waals surface area contributed by atoms with Gasteiger partial charge in [0.15, 0.2) is 5.16 Å². The Labute approximate surface area is 114 Å². The third kappa shape index (κ3) is 2.90. The monoisotopic (exact) mass is 280 g/mol. The molecular weight excluding hydrogens is 264 g/mol. The number of aryl methyl sites for hydroxylation is 2. The molecule has 2 aromatic rings. The molecule has 8 heteroatoms. The fourth-order valence-electron chi connectivity index (χ4n) is 1.64. The van der Waals surface area contributed by atoms with Gasteiger partial charge < -0.3 is 16.5 Å². The van der Waals surface area contributed by atoms with Gasteiger partial charge in [0, 0.05) is 12.6 Å². The van der Waals surface area contributed by atoms with Gasteiger partial charge in [-0.3, -0.25) is 9.48 Å². The summed E-state index contributed by atoms with van der Waals surface area (Å²) in [5.41, 5.74) is 12.6. The molecule has 7 nitrogen and oxygen atoms in total. The fourth-order valence-corrected chi connectivity index (χ4v) is 2.62. The maximum Gasteiger partial charge on any atom is 0.253 e. The van der Waals surface area contributed by atoms with Crippen LogP contribution in [0.25, 0.3) is 0 Å². The third-order valence-corrected chi connectivity index (χ3v) is 3.50. The summed E-state index contributed by atoms with van der Waals surface area (Å²) in [7, 11) is 0. The first-order valence-electron chi connectivity index (χ1n) is 5.88. The third-order valence-electron chi connectivity index (χ3n) is 2.49. The zero-order valence-electron chi connectivity index (χ0n) is 10.8. The van der Waals surface area contributed by atoms with Crippen molar-refractivity contribution in [2.24, 2.45) is 0 Å². The molecule has 0 aliphatic heterocycles. The van der Waals surface area contributed by atoms with E-state index in [0.29, 0.717) is 10.8 Å². The second kappa shape index (κ2) is 5.35. The van der Waals surface area contributed by atoms with Crippen molar-refractivity contribution in [1.29, 1.82) is 0 Å². The van der Waals surface area contributed by atoms with E-state index >= 15 is 0 Å². The highest BCUT2D eigenvalue weighted by atomic mass is 32.2. The number of hydrogen-bond acceptors (Lipinski definition) is 6. The van der Waals surface area contributed by atoms with Crippen molar-refractivity contribution in [3.63, 3.8) is 0 Å². The largest absolute Gasteiger partial charge is 0.395 e. The number of aromatic amines is 1. The van der Waals surface area contributed by atoms with Gasteiger partial charge in [-0.05, 0) is 25.1 Å². The van der Waals surface area contributed by atoms with E-state index in [1.54, 1.807) is 0 Å². The number of nitrogens with one attached hydrogen (secondary N) is 1. The Hall–Kier alpha value is -1.96. The molecule has 102 valence electrons. The van der Waals surface area contributed by atoms with E-state index in [1.165, 1.54) is 17.8 Å². The van der Waals surface area contributed by atoms with Gasteiger partial charge in [-0.2, -0.15) is 5.10 Å². The van der Waals surface area contributed by atoms with Gasteiger partial charge in [0.1, 0.15) is 10.8 Å². The predicted molar refractivity (Wildman–Crippen MR) is 75.1 cm³/mol. The lowest BCUT2D eigenvalue weighted by atomic mass is 10.4. The van der Waals surface area contributed by atoms with E-state index in [4.69, 9.17) is 11.5 Å². The average Bonchev–Trinajstić information content (AvgIpc) is 2.56. The Morgan fingerprint density at radius 3 is 2.84 bits per heavy atom. The molecule has 0 atom stereocenters. The summed E-state index contributed by atoms with van der Waals surface area (Å²) in [6.07, 6.45) is 0.939. The summed E-state index contributed by atoms with van der Waals surface area (Å²) in [5.74, 6) is 0.183. The number of nitrogens with two attached hydrogens (primary N) is 2. The molecule has 0 aromatic carbocycles. The van der Waals surface area contributed by atoms with Crippen LogP contribution in [0, 0.1) is 6.92 Å². The number of hydrogen-bond donors (Lipinski definition) is 3. The molecule has 0 unspecified atom stereocenters. The lowest BCUT2D eigenvalue weighted by Gasteiger charge is -2.06. The van der Waals surface area contributed by atoms with E-state index in [9.17, 15) is 4.79 Å². The van der Waals surface area contributed by atoms with E-state index in [2.05, 4.69) is 22.0 Å². The second-order valence-electron chi connectivity index (χ2n) is 4.10. The Morgan fingerprint density at radius 2 is 2.21 bits per heavy atom. The maximum atomic E-state index is 11.4. The fraction of sp³-hybridized carbons (Fsp3) is 0.364. The summed E-state index contributed by atoms with van der Waals surface area (Å²) >= 11 is 1.26. The maximum absolute atomic E-state index is 11.4. The van der Waals surface area contributed by atoms with Gasteiger partial charge >= 0.3 is 0 Å². The number of anilines is 2. The first-order valence-corrected chi connectivity index (χ1v) is 6.70. The zero-order chi connectivity index (χ0) is 14.0. The predicted octanol–water partition coefficient (Wildman–Crippen LogP) is 1.00. The summed E-state index contributed by atoms with van der Waals surface area (Å²) in [5, 5.41) is 5.54. The van der Waals surface area contributed by atoms with Crippen molar-refractivity contribution in [2.75, 3.05) is 11.5 Å². The minimum atomic E-state index is -0.285. The van der Waals surface area contributed by atoms with Crippen LogP contribution in [-0.2, 0) is 6.54 Å². The normalized spacial score (nSPS) is 10.8. The van der Waals surface area contributed by atoms with Crippen LogP contribution in [0.15, 0.2) is 21.0 Å². The van der Waals surface area contributed by atoms with Gasteiger partial charge in [-0.15, -0.1) is 0 Å². The molecule has 5 N–H and O–H groups in total. The van der Waals surface area contributed by atoms with Crippen molar-refractivity contribution in [1.82, 2.24) is 19.7 Å². The van der Waals surface area contributed by atoms with Crippen molar-refractivity contribution in [3.05, 3.63) is 22.1 Å². The topological polar surface area (TPSA) is 116 Å². The van der Waals surface area contributed by atoms with Crippen molar-refractivity contribution >= 4 is 23.3 Å². The molecule has 19 heavy (non-hydrogen) atoms. The Kier molecular flexibility index (Phi) is 3.79. The highest BCUT2D eigenvalue weighted by molar-refractivity contribution is 7.99. The number of nitrogens with zero attached hydrogens (tertiary/aromatic N) is 3. The molecule has 0 fully saturated rings. The molecule has 0 amide bonds. The first-order chi connectivity index (χ1) is 9.01. The highest BCUT2D eigenvalue weighted by Crippen LogP contribution is 2.31. The minimum Gasteiger partial charge on any atom is -0.395 e. The molecule has 0 spiro atoms. The van der Waals surface area contributed by atoms with E-state index < -0.39 is 0 Å². The number of aromatic nitrogens is 4. The van der Waals surface area contributed by atoms with Crippen LogP contribution in [0.2, 0.25) is 0 Å². The standard InChI is InChI=1S/C11H16N6OS/c1-3-4-17-10(9(13)6(2)16-17)19-11-14-7(12)5-8(18)15-11/h5H,3-4,13H2,1-2H3,(H3,12,14,15,18). The van der Waals surface area contributed by atoms with Crippen LogP contribution in [0.4, 0.5) is 11.5 Å². The van der Waals surface area contributed by atoms with Gasteiger partial charge in [-0.1, -0.05) is 6.92 Å². The molecule has 2 heterocycles. The Bertz CT molecular complexity index is 647. The van der Waals surface area contributed by atoms with Crippen LogP contribution in [0.1, 0.15) is 19.0 Å². The minimum absolute atomic E-state index is 0.183. The van der Waals surface area contributed by atoms with Gasteiger partial charge in [0.2, 0.25) is 0 Å². The lowest BCUT2D eigenvalue weighted by molar-refractivity contribution is 0.555. The highest BCUT2D eigenvalue weighted by Gasteiger charge is 2.15. The van der Waals surface area contributed by atoms with Crippen LogP contribution in [0.5, 0.6) is 0 Å². The molecule has 0 radical (unpaired) electrons. The first kappa shape index (κ1) is 13.5. The molecule has 0 aliphatic rings. The smallest absolute Gasteiger partial charge is 0.253 e. The van der Waals surface area contributed by atoms with Gasteiger partial charge in [0.25, 0.3) is 5.56 Å². The van der Waals surface area contributed by atoms with E-state index in [-0.39, 0.29) is 11.4 Å². The molecule has 0 saturated carbocycles. The molecule has 2 aromatic heterocycles. The van der Waals surface area contributed by atoms with Gasteiger partial charge in [0.05, 0.1) is 11.4 Å². The molecule has 0 aliphatic carbocycles. The van der Waals surface area contributed by atoms with Gasteiger partial charge in [-0.25, -0.2) is 4.98 Å². The van der Waals surface area contributed by atoms with E-state index in [1.807, 2.05) is 11.6 Å². The van der Waals surface area contributed by atoms with Crippen molar-refractivity contribution in [2.45, 2.75) is 37.0 Å². The number of nitrogen functional groups attached to an aromatic ring is 2. The lowest BCUT2D eigenvalue weighted by Crippen LogP contribution is -2.10. The molecule has 2 rings (SSSR count). The summed E-state index contributed by atoms with van der Waals surface area (Å²) in [6, 6.07) is 1.24. The SMILES string of the molecule is CCCn1nc(C)c(N)c1Sc1nc(N)cc(=O)[nH]1. The van der Waals surface area contributed by atoms with Crippen LogP contribution < -0.4 is 17.0 Å². The quantitative estimate of drug-likeness (QED) is 0.719. The zero-order valence-corrected chi connectivity index (χ0v) is 11.6. The van der Waals surface area contributed by atoms with Crippen LogP contribution in [-0.4, -0.2) is 19.7 Å². The summed E-state index contributed by atoms with van der Waals surface area (Å²) in [6.45, 7) is 4.66. The van der Waals surface area contributed by atoms with E-state index in [0.717, 1.165) is 23.7 Å². The molecular formula is C11H16N6OS. The Morgan fingerprint density at radius 1 is 1.47 bits per heavy atom. The summed E-state index contributed by atoms with van der Waals surface area (Å²) < 4.78 is 1.82. The summed E-state index contributed by atoms with van der Waals surface area (Å²) in [4.78, 5) is 18.1. The number of H-pyrrole nitrogens is 1. The molecule has 0 bridgehead atoms.